The van der Waals surface area contributed by atoms with E-state index in [0.29, 0.717) is 33.3 Å². The summed E-state index contributed by atoms with van der Waals surface area (Å²) < 4.78 is 6.58. The zero-order valence-corrected chi connectivity index (χ0v) is 18.1. The molecular formula is C19H21Cl2N5O2S. The number of nitrogen functional groups attached to an aromatic ring is 1. The minimum Gasteiger partial charge on any atom is -0.461 e. The third kappa shape index (κ3) is 5.46. The van der Waals surface area contributed by atoms with Gasteiger partial charge in [0, 0.05) is 22.5 Å². The van der Waals surface area contributed by atoms with Crippen LogP contribution in [0.2, 0.25) is 10.0 Å². The van der Waals surface area contributed by atoms with E-state index in [9.17, 15) is 4.79 Å². The predicted molar refractivity (Wildman–Crippen MR) is 116 cm³/mol. The number of thioether (sulfide) groups is 1. The van der Waals surface area contributed by atoms with Crippen LogP contribution in [0.15, 0.2) is 46.2 Å². The van der Waals surface area contributed by atoms with Gasteiger partial charge in [0.25, 0.3) is 0 Å². The van der Waals surface area contributed by atoms with E-state index in [1.54, 1.807) is 18.2 Å². The Labute approximate surface area is 182 Å². The lowest BCUT2D eigenvalue weighted by Crippen LogP contribution is -2.30. The van der Waals surface area contributed by atoms with Crippen molar-refractivity contribution in [1.82, 2.24) is 20.2 Å². The second-order valence-electron chi connectivity index (χ2n) is 6.40. The third-order valence-corrected chi connectivity index (χ3v) is 5.83. The molecule has 0 radical (unpaired) electrons. The van der Waals surface area contributed by atoms with E-state index in [2.05, 4.69) is 22.4 Å². The lowest BCUT2D eigenvalue weighted by molar-refractivity contribution is -0.118. The van der Waals surface area contributed by atoms with Gasteiger partial charge in [-0.3, -0.25) is 4.79 Å². The first-order valence-electron chi connectivity index (χ1n) is 9.08. The molecule has 2 heterocycles. The van der Waals surface area contributed by atoms with Crippen molar-refractivity contribution in [2.45, 2.75) is 30.8 Å². The van der Waals surface area contributed by atoms with Gasteiger partial charge in [0.2, 0.25) is 16.9 Å². The number of carbonyl (C=O) groups excluding carboxylic acids is 1. The highest BCUT2D eigenvalue weighted by Gasteiger charge is 2.18. The third-order valence-electron chi connectivity index (χ3n) is 4.32. The average molecular weight is 454 g/mol. The molecule has 0 fully saturated rings. The zero-order valence-electron chi connectivity index (χ0n) is 15.8. The Kier molecular flexibility index (Phi) is 7.46. The number of hydrogen-bond donors (Lipinski definition) is 2. The lowest BCUT2D eigenvalue weighted by Gasteiger charge is -2.19. The maximum atomic E-state index is 12.3. The molecule has 29 heavy (non-hydrogen) atoms. The van der Waals surface area contributed by atoms with Crippen molar-refractivity contribution in [3.8, 4) is 11.6 Å². The molecule has 3 rings (SSSR count). The van der Waals surface area contributed by atoms with Crippen LogP contribution in [0.4, 0.5) is 0 Å². The van der Waals surface area contributed by atoms with Crippen LogP contribution in [0.3, 0.4) is 0 Å². The Bertz CT molecular complexity index is 962. The molecule has 3 N–H and O–H groups in total. The number of benzene rings is 1. The van der Waals surface area contributed by atoms with Gasteiger partial charge in [0.1, 0.15) is 0 Å². The molecule has 0 spiro atoms. The number of halogens is 2. The molecule has 10 heteroatoms. The molecule has 0 aliphatic carbocycles. The SMILES string of the molecule is CCCC(CNC(=O)CSc1nnc(-c2ccco2)n1N)c1ccc(Cl)cc1Cl. The quantitative estimate of drug-likeness (QED) is 0.369. The molecule has 0 saturated heterocycles. The van der Waals surface area contributed by atoms with Crippen LogP contribution >= 0.6 is 35.0 Å². The van der Waals surface area contributed by atoms with Gasteiger partial charge in [-0.05, 0) is 36.2 Å². The standard InChI is InChI=1S/C19H21Cl2N5O2S/c1-2-4-12(14-7-6-13(20)9-15(14)21)10-23-17(27)11-29-19-25-24-18(26(19)22)16-5-3-8-28-16/h3,5-9,12H,2,4,10-11,22H2,1H3,(H,23,27). The number of nitrogens with one attached hydrogen (secondary N) is 1. The van der Waals surface area contributed by atoms with Crippen LogP contribution in [0, 0.1) is 0 Å². The minimum atomic E-state index is -0.122. The first-order chi connectivity index (χ1) is 14.0. The number of aromatic nitrogens is 3. The predicted octanol–water partition coefficient (Wildman–Crippen LogP) is 4.35. The minimum absolute atomic E-state index is 0.113. The Morgan fingerprint density at radius 1 is 1.34 bits per heavy atom. The highest BCUT2D eigenvalue weighted by Crippen LogP contribution is 2.30. The normalized spacial score (nSPS) is 12.1. The molecule has 154 valence electrons. The topological polar surface area (TPSA) is 99.0 Å². The largest absolute Gasteiger partial charge is 0.461 e. The fourth-order valence-electron chi connectivity index (χ4n) is 2.92. The molecule has 1 atom stereocenters. The number of carbonyl (C=O) groups is 1. The van der Waals surface area contributed by atoms with Crippen molar-refractivity contribution in [3.63, 3.8) is 0 Å². The maximum absolute atomic E-state index is 12.3. The molecule has 7 nitrogen and oxygen atoms in total. The molecule has 1 amide bonds. The Hall–Kier alpha value is -2.16. The Balaban J connectivity index is 1.56. The van der Waals surface area contributed by atoms with Crippen LogP contribution in [0.5, 0.6) is 0 Å². The molecule has 2 aromatic heterocycles. The summed E-state index contributed by atoms with van der Waals surface area (Å²) in [7, 11) is 0. The summed E-state index contributed by atoms with van der Waals surface area (Å²) in [5.41, 5.74) is 0.982. The average Bonchev–Trinajstić information content (AvgIpc) is 3.33. The maximum Gasteiger partial charge on any atom is 0.230 e. The van der Waals surface area contributed by atoms with Crippen LogP contribution in [0.25, 0.3) is 11.6 Å². The van der Waals surface area contributed by atoms with Gasteiger partial charge in [-0.25, -0.2) is 4.68 Å². The highest BCUT2D eigenvalue weighted by molar-refractivity contribution is 7.99. The van der Waals surface area contributed by atoms with Crippen molar-refractivity contribution in [3.05, 3.63) is 52.2 Å². The van der Waals surface area contributed by atoms with E-state index in [1.807, 2.05) is 12.1 Å². The van der Waals surface area contributed by atoms with E-state index in [0.717, 1.165) is 18.4 Å². The summed E-state index contributed by atoms with van der Waals surface area (Å²) in [4.78, 5) is 12.3. The summed E-state index contributed by atoms with van der Waals surface area (Å²) in [5.74, 6) is 7.07. The number of furan rings is 1. The smallest absolute Gasteiger partial charge is 0.230 e. The van der Waals surface area contributed by atoms with Gasteiger partial charge in [0.05, 0.1) is 12.0 Å². The van der Waals surface area contributed by atoms with Crippen molar-refractivity contribution in [2.24, 2.45) is 0 Å². The van der Waals surface area contributed by atoms with Gasteiger partial charge in [-0.1, -0.05) is 54.4 Å². The van der Waals surface area contributed by atoms with Crippen molar-refractivity contribution in [2.75, 3.05) is 18.1 Å². The summed E-state index contributed by atoms with van der Waals surface area (Å²) in [6, 6.07) is 8.93. The number of rotatable bonds is 9. The first-order valence-corrected chi connectivity index (χ1v) is 10.8. The van der Waals surface area contributed by atoms with Gasteiger partial charge in [-0.2, -0.15) is 0 Å². The molecular weight excluding hydrogens is 433 g/mol. The molecule has 0 bridgehead atoms. The number of nitrogens with two attached hydrogens (primary N) is 1. The van der Waals surface area contributed by atoms with Crippen molar-refractivity contribution < 1.29 is 9.21 Å². The molecule has 0 saturated carbocycles. The van der Waals surface area contributed by atoms with Crippen LogP contribution in [-0.2, 0) is 4.79 Å². The van der Waals surface area contributed by atoms with Crippen LogP contribution in [-0.4, -0.2) is 33.1 Å². The Morgan fingerprint density at radius 3 is 2.86 bits per heavy atom. The monoisotopic (exact) mass is 453 g/mol. The van der Waals surface area contributed by atoms with E-state index in [-0.39, 0.29) is 17.6 Å². The second-order valence-corrected chi connectivity index (χ2v) is 8.18. The lowest BCUT2D eigenvalue weighted by atomic mass is 9.94. The summed E-state index contributed by atoms with van der Waals surface area (Å²) in [5, 5.41) is 12.6. The van der Waals surface area contributed by atoms with Gasteiger partial charge in [0.15, 0.2) is 5.76 Å². The molecule has 0 aliphatic rings. The molecule has 0 aliphatic heterocycles. The summed E-state index contributed by atoms with van der Waals surface area (Å²) in [6.45, 7) is 2.58. The second kappa shape index (κ2) is 10.0. The zero-order chi connectivity index (χ0) is 20.8. The van der Waals surface area contributed by atoms with Crippen LogP contribution in [0.1, 0.15) is 31.2 Å². The summed E-state index contributed by atoms with van der Waals surface area (Å²) in [6.07, 6.45) is 3.41. The summed E-state index contributed by atoms with van der Waals surface area (Å²) >= 11 is 13.5. The molecule has 1 aromatic carbocycles. The number of nitrogens with zero attached hydrogens (tertiary/aromatic N) is 3. The van der Waals surface area contributed by atoms with Gasteiger partial charge in [-0.15, -0.1) is 10.2 Å². The number of hydrogen-bond acceptors (Lipinski definition) is 6. The van der Waals surface area contributed by atoms with E-state index in [1.165, 1.54) is 22.7 Å². The van der Waals surface area contributed by atoms with Gasteiger partial charge >= 0.3 is 0 Å². The molecule has 1 unspecified atom stereocenters. The number of amides is 1. The Morgan fingerprint density at radius 2 is 2.17 bits per heavy atom. The van der Waals surface area contributed by atoms with Crippen LogP contribution < -0.4 is 11.2 Å². The van der Waals surface area contributed by atoms with E-state index < -0.39 is 0 Å². The fourth-order valence-corrected chi connectivity index (χ4v) is 4.17. The highest BCUT2D eigenvalue weighted by atomic mass is 35.5. The molecule has 3 aromatic rings. The van der Waals surface area contributed by atoms with E-state index >= 15 is 0 Å². The fraction of sp³-hybridized carbons (Fsp3) is 0.316. The first kappa shape index (κ1) is 21.5. The van der Waals surface area contributed by atoms with Crippen molar-refractivity contribution in [1.29, 1.82) is 0 Å². The van der Waals surface area contributed by atoms with Crippen molar-refractivity contribution >= 4 is 40.9 Å². The van der Waals surface area contributed by atoms with E-state index in [4.69, 9.17) is 33.5 Å². The van der Waals surface area contributed by atoms with Gasteiger partial charge < -0.3 is 15.6 Å².